The molecule has 18 heavy (non-hydrogen) atoms. The smallest absolute Gasteiger partial charge is 0.314 e. The van der Waals surface area contributed by atoms with Crippen LogP contribution < -0.4 is 4.90 Å². The molecule has 5 heteroatoms. The molecule has 1 aliphatic rings. The molecule has 0 unspecified atom stereocenters. The van der Waals surface area contributed by atoms with Gasteiger partial charge in [0.2, 0.25) is 0 Å². The summed E-state index contributed by atoms with van der Waals surface area (Å²) >= 11 is 0. The third kappa shape index (κ3) is 1.65. The summed E-state index contributed by atoms with van der Waals surface area (Å²) in [6.45, 7) is 0. The summed E-state index contributed by atoms with van der Waals surface area (Å²) in [7, 11) is 3.16. The van der Waals surface area contributed by atoms with Crippen LogP contribution in [0.15, 0.2) is 12.1 Å². The van der Waals surface area contributed by atoms with Crippen LogP contribution in [0.5, 0.6) is 0 Å². The van der Waals surface area contributed by atoms with E-state index in [1.54, 1.807) is 14.1 Å². The van der Waals surface area contributed by atoms with E-state index in [9.17, 15) is 18.7 Å². The number of hydrogen-bond acceptors (Lipinski definition) is 2. The van der Waals surface area contributed by atoms with Crippen molar-refractivity contribution in [2.24, 2.45) is 0 Å². The van der Waals surface area contributed by atoms with Gasteiger partial charge in [-0.3, -0.25) is 4.79 Å². The van der Waals surface area contributed by atoms with Crippen LogP contribution in [0.4, 0.5) is 14.5 Å². The number of carbonyl (C=O) groups is 1. The second-order valence-electron chi connectivity index (χ2n) is 4.89. The van der Waals surface area contributed by atoms with Crippen molar-refractivity contribution in [2.45, 2.75) is 24.7 Å². The minimum Gasteiger partial charge on any atom is -0.481 e. The summed E-state index contributed by atoms with van der Waals surface area (Å²) in [6.07, 6.45) is 1.42. The molecule has 0 heterocycles. The van der Waals surface area contributed by atoms with E-state index in [-0.39, 0.29) is 11.3 Å². The van der Waals surface area contributed by atoms with E-state index >= 15 is 0 Å². The summed E-state index contributed by atoms with van der Waals surface area (Å²) < 4.78 is 27.8. The molecule has 1 aromatic carbocycles. The Kier molecular flexibility index (Phi) is 3.00. The monoisotopic (exact) mass is 255 g/mol. The van der Waals surface area contributed by atoms with Gasteiger partial charge in [0.05, 0.1) is 11.1 Å². The molecule has 0 atom stereocenters. The molecule has 0 bridgehead atoms. The molecule has 1 N–H and O–H groups in total. The second-order valence-corrected chi connectivity index (χ2v) is 4.89. The molecule has 1 aliphatic carbocycles. The molecule has 0 amide bonds. The highest BCUT2D eigenvalue weighted by Crippen LogP contribution is 2.48. The summed E-state index contributed by atoms with van der Waals surface area (Å²) in [5.41, 5.74) is -1.26. The lowest BCUT2D eigenvalue weighted by molar-refractivity contribution is -0.147. The van der Waals surface area contributed by atoms with Gasteiger partial charge < -0.3 is 10.0 Å². The molecule has 1 aromatic rings. The van der Waals surface area contributed by atoms with E-state index in [0.717, 1.165) is 18.6 Å². The van der Waals surface area contributed by atoms with Gasteiger partial charge in [0.1, 0.15) is 11.6 Å². The first-order valence-corrected chi connectivity index (χ1v) is 5.79. The first-order chi connectivity index (χ1) is 8.40. The number of carboxylic acids is 1. The average Bonchev–Trinajstić information content (AvgIpc) is 2.20. The quantitative estimate of drug-likeness (QED) is 0.902. The van der Waals surface area contributed by atoms with Crippen molar-refractivity contribution in [3.8, 4) is 0 Å². The second kappa shape index (κ2) is 4.23. The molecule has 3 nitrogen and oxygen atoms in total. The molecule has 98 valence electrons. The van der Waals surface area contributed by atoms with Crippen molar-refractivity contribution in [1.82, 2.24) is 0 Å². The van der Waals surface area contributed by atoms with Crippen LogP contribution in [-0.2, 0) is 10.2 Å². The molecule has 2 rings (SSSR count). The Morgan fingerprint density at radius 1 is 1.28 bits per heavy atom. The van der Waals surface area contributed by atoms with Crippen LogP contribution >= 0.6 is 0 Å². The fourth-order valence-corrected chi connectivity index (χ4v) is 2.53. The van der Waals surface area contributed by atoms with E-state index in [4.69, 9.17) is 0 Å². The minimum absolute atomic E-state index is 0.0220. The van der Waals surface area contributed by atoms with Gasteiger partial charge in [-0.2, -0.15) is 0 Å². The van der Waals surface area contributed by atoms with E-state index in [1.165, 1.54) is 4.90 Å². The fraction of sp³-hybridized carbons (Fsp3) is 0.462. The Morgan fingerprint density at radius 3 is 2.22 bits per heavy atom. The summed E-state index contributed by atoms with van der Waals surface area (Å²) in [5.74, 6) is -2.33. The van der Waals surface area contributed by atoms with Crippen LogP contribution in [0.3, 0.4) is 0 Å². The van der Waals surface area contributed by atoms with Gasteiger partial charge in [-0.05, 0) is 25.0 Å². The Hall–Kier alpha value is -1.65. The lowest BCUT2D eigenvalue weighted by atomic mass is 9.63. The molecular weight excluding hydrogens is 240 g/mol. The lowest BCUT2D eigenvalue weighted by Crippen LogP contribution is -2.44. The SMILES string of the molecule is CN(C)c1c(F)ccc(F)c1C1(C(=O)O)CCC1. The van der Waals surface area contributed by atoms with Gasteiger partial charge in [0.25, 0.3) is 0 Å². The van der Waals surface area contributed by atoms with Gasteiger partial charge in [-0.1, -0.05) is 6.42 Å². The highest BCUT2D eigenvalue weighted by Gasteiger charge is 2.49. The number of nitrogens with zero attached hydrogens (tertiary/aromatic N) is 1. The molecule has 0 radical (unpaired) electrons. The van der Waals surface area contributed by atoms with Crippen LogP contribution in [0.2, 0.25) is 0 Å². The van der Waals surface area contributed by atoms with Crippen molar-refractivity contribution < 1.29 is 18.7 Å². The fourth-order valence-electron chi connectivity index (χ4n) is 2.53. The Bertz CT molecular complexity index is 496. The zero-order valence-electron chi connectivity index (χ0n) is 10.3. The number of anilines is 1. The molecule has 1 saturated carbocycles. The van der Waals surface area contributed by atoms with Crippen molar-refractivity contribution >= 4 is 11.7 Å². The zero-order valence-corrected chi connectivity index (χ0v) is 10.3. The number of rotatable bonds is 3. The van der Waals surface area contributed by atoms with Gasteiger partial charge in [0, 0.05) is 19.7 Å². The maximum atomic E-state index is 14.0. The predicted octanol–water partition coefficient (Wildman–Crippen LogP) is 2.54. The minimum atomic E-state index is -1.27. The van der Waals surface area contributed by atoms with E-state index in [0.29, 0.717) is 12.8 Å². The van der Waals surface area contributed by atoms with Crippen molar-refractivity contribution in [2.75, 3.05) is 19.0 Å². The van der Waals surface area contributed by atoms with E-state index in [1.807, 2.05) is 0 Å². The van der Waals surface area contributed by atoms with Gasteiger partial charge >= 0.3 is 5.97 Å². The number of halogens is 2. The molecule has 1 fully saturated rings. The highest BCUT2D eigenvalue weighted by molar-refractivity contribution is 5.85. The lowest BCUT2D eigenvalue weighted by Gasteiger charge is -2.40. The molecule has 0 aliphatic heterocycles. The summed E-state index contributed by atoms with van der Waals surface area (Å²) in [5, 5.41) is 9.35. The number of carboxylic acid groups (broad SMARTS) is 1. The molecular formula is C13H15F2NO2. The molecule has 0 aromatic heterocycles. The van der Waals surface area contributed by atoms with Gasteiger partial charge in [0.15, 0.2) is 0 Å². The maximum Gasteiger partial charge on any atom is 0.314 e. The Morgan fingerprint density at radius 2 is 1.83 bits per heavy atom. The van der Waals surface area contributed by atoms with Crippen molar-refractivity contribution in [1.29, 1.82) is 0 Å². The first-order valence-electron chi connectivity index (χ1n) is 5.79. The highest BCUT2D eigenvalue weighted by atomic mass is 19.1. The van der Waals surface area contributed by atoms with Crippen molar-refractivity contribution in [3.05, 3.63) is 29.3 Å². The molecule has 0 saturated heterocycles. The standard InChI is InChI=1S/C13H15F2NO2/c1-16(2)11-9(15)5-4-8(14)10(11)13(12(17)18)6-3-7-13/h4-5H,3,6-7H2,1-2H3,(H,17,18). The predicted molar refractivity (Wildman–Crippen MR) is 63.8 cm³/mol. The third-order valence-electron chi connectivity index (χ3n) is 3.62. The average molecular weight is 255 g/mol. The topological polar surface area (TPSA) is 40.5 Å². The summed E-state index contributed by atoms with van der Waals surface area (Å²) in [4.78, 5) is 12.9. The largest absolute Gasteiger partial charge is 0.481 e. The number of aliphatic carboxylic acids is 1. The van der Waals surface area contributed by atoms with Crippen molar-refractivity contribution in [3.63, 3.8) is 0 Å². The van der Waals surface area contributed by atoms with Gasteiger partial charge in [-0.15, -0.1) is 0 Å². The normalized spacial score (nSPS) is 17.1. The van der Waals surface area contributed by atoms with Crippen LogP contribution in [-0.4, -0.2) is 25.2 Å². The Labute approximate surface area is 104 Å². The van der Waals surface area contributed by atoms with Crippen LogP contribution in [0.25, 0.3) is 0 Å². The zero-order chi connectivity index (χ0) is 13.5. The number of hydrogen-bond donors (Lipinski definition) is 1. The molecule has 0 spiro atoms. The summed E-state index contributed by atoms with van der Waals surface area (Å²) in [6, 6.07) is 2.03. The Balaban J connectivity index is 2.69. The van der Waals surface area contributed by atoms with E-state index < -0.39 is 23.0 Å². The number of benzene rings is 1. The maximum absolute atomic E-state index is 14.0. The third-order valence-corrected chi connectivity index (χ3v) is 3.62. The van der Waals surface area contributed by atoms with E-state index in [2.05, 4.69) is 0 Å². The van der Waals surface area contributed by atoms with Gasteiger partial charge in [-0.25, -0.2) is 8.78 Å². The van der Waals surface area contributed by atoms with Crippen LogP contribution in [0, 0.1) is 11.6 Å². The first kappa shape index (κ1) is 12.8. The van der Waals surface area contributed by atoms with Crippen LogP contribution in [0.1, 0.15) is 24.8 Å².